The van der Waals surface area contributed by atoms with E-state index in [-0.39, 0.29) is 17.9 Å². The van der Waals surface area contributed by atoms with Crippen LogP contribution >= 0.6 is 0 Å². The second kappa shape index (κ2) is 7.34. The molecule has 0 aliphatic carbocycles. The van der Waals surface area contributed by atoms with Gasteiger partial charge in [0.15, 0.2) is 0 Å². The first-order valence-electron chi connectivity index (χ1n) is 6.98. The molecule has 1 amide bonds. The number of carbonyl (C=O) groups excluding carboxylic acids is 1. The summed E-state index contributed by atoms with van der Waals surface area (Å²) in [6, 6.07) is 3.70. The number of nitrogens with two attached hydrogens (primary N) is 1. The Morgan fingerprint density at radius 1 is 1.37 bits per heavy atom. The maximum Gasteiger partial charge on any atom is 0.220 e. The van der Waals surface area contributed by atoms with Gasteiger partial charge in [0.05, 0.1) is 6.04 Å². The molecular formula is C15H26N2O2. The molecule has 0 spiro atoms. The smallest absolute Gasteiger partial charge is 0.220 e. The fraction of sp³-hybridized carbons (Fsp3) is 0.667. The molecule has 0 saturated heterocycles. The minimum absolute atomic E-state index is 0.0395. The van der Waals surface area contributed by atoms with E-state index in [0.29, 0.717) is 18.9 Å². The average molecular weight is 266 g/mol. The lowest BCUT2D eigenvalue weighted by atomic mass is 9.94. The third-order valence-corrected chi connectivity index (χ3v) is 3.18. The number of aryl methyl sites for hydroxylation is 1. The second-order valence-corrected chi connectivity index (χ2v) is 5.67. The van der Waals surface area contributed by atoms with E-state index in [4.69, 9.17) is 10.2 Å². The molecule has 4 nitrogen and oxygen atoms in total. The number of amides is 1. The van der Waals surface area contributed by atoms with Gasteiger partial charge >= 0.3 is 0 Å². The number of nitrogens with one attached hydrogen (secondary N) is 1. The molecule has 1 aromatic rings. The molecule has 19 heavy (non-hydrogen) atoms. The third kappa shape index (κ3) is 5.47. The van der Waals surface area contributed by atoms with E-state index in [1.165, 1.54) is 0 Å². The second-order valence-electron chi connectivity index (χ2n) is 5.67. The van der Waals surface area contributed by atoms with Crippen molar-refractivity contribution in [2.45, 2.75) is 46.6 Å². The molecule has 1 aromatic heterocycles. The van der Waals surface area contributed by atoms with Gasteiger partial charge in [0.25, 0.3) is 0 Å². The maximum absolute atomic E-state index is 12.0. The number of rotatable bonds is 7. The van der Waals surface area contributed by atoms with Gasteiger partial charge in [0, 0.05) is 6.42 Å². The number of furan rings is 1. The Morgan fingerprint density at radius 2 is 2.05 bits per heavy atom. The summed E-state index contributed by atoms with van der Waals surface area (Å²) < 4.78 is 5.50. The first kappa shape index (κ1) is 15.8. The van der Waals surface area contributed by atoms with Crippen molar-refractivity contribution in [2.75, 3.05) is 6.54 Å². The minimum Gasteiger partial charge on any atom is -0.464 e. The van der Waals surface area contributed by atoms with E-state index in [9.17, 15) is 4.79 Å². The molecular weight excluding hydrogens is 240 g/mol. The monoisotopic (exact) mass is 266 g/mol. The highest BCUT2D eigenvalue weighted by atomic mass is 16.3. The van der Waals surface area contributed by atoms with Crippen molar-refractivity contribution in [1.82, 2.24) is 5.32 Å². The lowest BCUT2D eigenvalue weighted by Gasteiger charge is -2.18. The van der Waals surface area contributed by atoms with E-state index in [1.54, 1.807) is 0 Å². The first-order chi connectivity index (χ1) is 8.92. The lowest BCUT2D eigenvalue weighted by molar-refractivity contribution is -0.122. The first-order valence-corrected chi connectivity index (χ1v) is 6.98. The normalized spacial score (nSPS) is 14.4. The Morgan fingerprint density at radius 3 is 2.53 bits per heavy atom. The fourth-order valence-electron chi connectivity index (χ4n) is 2.25. The van der Waals surface area contributed by atoms with Gasteiger partial charge in [-0.2, -0.15) is 0 Å². The zero-order valence-corrected chi connectivity index (χ0v) is 12.4. The highest BCUT2D eigenvalue weighted by Crippen LogP contribution is 2.18. The van der Waals surface area contributed by atoms with Gasteiger partial charge in [-0.3, -0.25) is 4.79 Å². The molecule has 1 rings (SSSR count). The van der Waals surface area contributed by atoms with Crippen LogP contribution in [-0.4, -0.2) is 12.5 Å². The molecule has 0 aliphatic rings. The van der Waals surface area contributed by atoms with Crippen molar-refractivity contribution < 1.29 is 9.21 Å². The van der Waals surface area contributed by atoms with Gasteiger partial charge in [-0.15, -0.1) is 0 Å². The molecule has 1 unspecified atom stereocenters. The standard InChI is InChI=1S/C15H26N2O2/c1-10(2)7-13(9-16)8-15(18)17-12(4)14-6-5-11(3)19-14/h5-6,10,12-13H,7-9,16H2,1-4H3,(H,17,18)/t12?,13-/m0/s1. The van der Waals surface area contributed by atoms with Crippen molar-refractivity contribution >= 4 is 5.91 Å². The van der Waals surface area contributed by atoms with Crippen LogP contribution < -0.4 is 11.1 Å². The summed E-state index contributed by atoms with van der Waals surface area (Å²) in [6.45, 7) is 8.67. The molecule has 3 N–H and O–H groups in total. The summed E-state index contributed by atoms with van der Waals surface area (Å²) in [5.41, 5.74) is 5.72. The van der Waals surface area contributed by atoms with Crippen LogP contribution in [-0.2, 0) is 4.79 Å². The van der Waals surface area contributed by atoms with E-state index in [0.717, 1.165) is 17.9 Å². The van der Waals surface area contributed by atoms with Crippen LogP contribution in [0.25, 0.3) is 0 Å². The molecule has 0 bridgehead atoms. The van der Waals surface area contributed by atoms with Crippen molar-refractivity contribution in [3.8, 4) is 0 Å². The summed E-state index contributed by atoms with van der Waals surface area (Å²) >= 11 is 0. The van der Waals surface area contributed by atoms with Crippen molar-refractivity contribution in [3.05, 3.63) is 23.7 Å². The van der Waals surface area contributed by atoms with Gasteiger partial charge in [0.2, 0.25) is 5.91 Å². The van der Waals surface area contributed by atoms with E-state index in [1.807, 2.05) is 26.0 Å². The minimum atomic E-state index is -0.0984. The molecule has 2 atom stereocenters. The van der Waals surface area contributed by atoms with Crippen LogP contribution in [0.1, 0.15) is 51.2 Å². The molecule has 4 heteroatoms. The molecule has 0 fully saturated rings. The molecule has 1 heterocycles. The summed E-state index contributed by atoms with van der Waals surface area (Å²) in [5, 5.41) is 2.96. The van der Waals surface area contributed by atoms with Crippen LogP contribution in [0, 0.1) is 18.8 Å². The topological polar surface area (TPSA) is 68.3 Å². The largest absolute Gasteiger partial charge is 0.464 e. The van der Waals surface area contributed by atoms with Crippen LogP contribution in [0.3, 0.4) is 0 Å². The molecule has 108 valence electrons. The SMILES string of the molecule is Cc1ccc(C(C)NC(=O)C[C@@H](CN)CC(C)C)o1. The Balaban J connectivity index is 2.45. The number of hydrogen-bond acceptors (Lipinski definition) is 3. The van der Waals surface area contributed by atoms with Crippen LogP contribution in [0.4, 0.5) is 0 Å². The van der Waals surface area contributed by atoms with Crippen LogP contribution in [0.15, 0.2) is 16.5 Å². The highest BCUT2D eigenvalue weighted by Gasteiger charge is 2.17. The lowest BCUT2D eigenvalue weighted by Crippen LogP contribution is -2.30. The molecule has 0 aromatic carbocycles. The zero-order chi connectivity index (χ0) is 14.4. The fourth-order valence-corrected chi connectivity index (χ4v) is 2.25. The Hall–Kier alpha value is -1.29. The number of hydrogen-bond donors (Lipinski definition) is 2. The summed E-state index contributed by atoms with van der Waals surface area (Å²) in [4.78, 5) is 12.0. The van der Waals surface area contributed by atoms with E-state index in [2.05, 4.69) is 19.2 Å². The number of carbonyl (C=O) groups is 1. The Bertz CT molecular complexity index is 399. The maximum atomic E-state index is 12.0. The third-order valence-electron chi connectivity index (χ3n) is 3.18. The van der Waals surface area contributed by atoms with Gasteiger partial charge < -0.3 is 15.5 Å². The molecule has 0 radical (unpaired) electrons. The summed E-state index contributed by atoms with van der Waals surface area (Å²) in [5.74, 6) is 2.50. The quantitative estimate of drug-likeness (QED) is 0.797. The van der Waals surface area contributed by atoms with Crippen molar-refractivity contribution in [1.29, 1.82) is 0 Å². The van der Waals surface area contributed by atoms with E-state index < -0.39 is 0 Å². The van der Waals surface area contributed by atoms with Gasteiger partial charge in [-0.05, 0) is 50.8 Å². The predicted molar refractivity (Wildman–Crippen MR) is 76.6 cm³/mol. The van der Waals surface area contributed by atoms with Crippen molar-refractivity contribution in [2.24, 2.45) is 17.6 Å². The van der Waals surface area contributed by atoms with E-state index >= 15 is 0 Å². The predicted octanol–water partition coefficient (Wildman–Crippen LogP) is 2.78. The summed E-state index contributed by atoms with van der Waals surface area (Å²) in [6.07, 6.45) is 1.47. The van der Waals surface area contributed by atoms with Gasteiger partial charge in [-0.1, -0.05) is 13.8 Å². The van der Waals surface area contributed by atoms with Crippen LogP contribution in [0.5, 0.6) is 0 Å². The van der Waals surface area contributed by atoms with Crippen molar-refractivity contribution in [3.63, 3.8) is 0 Å². The molecule has 0 aliphatic heterocycles. The van der Waals surface area contributed by atoms with Crippen LogP contribution in [0.2, 0.25) is 0 Å². The molecule has 0 saturated carbocycles. The van der Waals surface area contributed by atoms with Gasteiger partial charge in [0.1, 0.15) is 11.5 Å². The van der Waals surface area contributed by atoms with Gasteiger partial charge in [-0.25, -0.2) is 0 Å². The Kier molecular flexibility index (Phi) is 6.09. The highest BCUT2D eigenvalue weighted by molar-refractivity contribution is 5.76. The Labute approximate surface area is 115 Å². The summed E-state index contributed by atoms with van der Waals surface area (Å²) in [7, 11) is 0. The average Bonchev–Trinajstić information content (AvgIpc) is 2.74. The zero-order valence-electron chi connectivity index (χ0n) is 12.4.